The number of likely N-dealkylation sites (N-methyl/N-ethyl adjacent to an activating group) is 1. The van der Waals surface area contributed by atoms with Crippen molar-refractivity contribution in [3.8, 4) is 0 Å². The Morgan fingerprint density at radius 2 is 1.71 bits per heavy atom. The summed E-state index contributed by atoms with van der Waals surface area (Å²) in [7, 11) is 3.29. The van der Waals surface area contributed by atoms with Crippen LogP contribution >= 0.6 is 11.6 Å². The normalized spacial score (nSPS) is 11.8. The third kappa shape index (κ3) is 4.57. The minimum atomic E-state index is -0.611. The zero-order valence-electron chi connectivity index (χ0n) is 13.6. The van der Waals surface area contributed by atoms with Crippen molar-refractivity contribution in [1.29, 1.82) is 0 Å². The summed E-state index contributed by atoms with van der Waals surface area (Å²) in [5.74, 6) is -0.393. The molecule has 0 aliphatic rings. The summed E-state index contributed by atoms with van der Waals surface area (Å²) in [5.41, 5.74) is 1.71. The van der Waals surface area contributed by atoms with Crippen LogP contribution in [0.1, 0.15) is 17.2 Å². The summed E-state index contributed by atoms with van der Waals surface area (Å²) in [6.45, 7) is 0.473. The number of rotatable bonds is 5. The Balaban J connectivity index is 2.26. The van der Waals surface area contributed by atoms with Crippen LogP contribution in [0.3, 0.4) is 0 Å². The summed E-state index contributed by atoms with van der Waals surface area (Å²) < 4.78 is 0. The van der Waals surface area contributed by atoms with Crippen molar-refractivity contribution >= 4 is 23.5 Å². The van der Waals surface area contributed by atoms with E-state index in [4.69, 9.17) is 11.6 Å². The van der Waals surface area contributed by atoms with E-state index in [2.05, 4.69) is 10.6 Å². The van der Waals surface area contributed by atoms with Gasteiger partial charge in [-0.1, -0.05) is 60.1 Å². The molecule has 2 aromatic rings. The summed E-state index contributed by atoms with van der Waals surface area (Å²) in [5, 5.41) is 5.38. The lowest BCUT2D eigenvalue weighted by molar-refractivity contribution is -0.125. The fourth-order valence-electron chi connectivity index (χ4n) is 2.47. The van der Waals surface area contributed by atoms with Crippen molar-refractivity contribution in [1.82, 2.24) is 15.5 Å². The van der Waals surface area contributed by atoms with Crippen LogP contribution in [0.15, 0.2) is 54.6 Å². The third-order valence-corrected chi connectivity index (χ3v) is 4.01. The van der Waals surface area contributed by atoms with E-state index in [0.717, 1.165) is 11.1 Å². The van der Waals surface area contributed by atoms with Gasteiger partial charge in [0.25, 0.3) is 0 Å². The van der Waals surface area contributed by atoms with Gasteiger partial charge in [-0.25, -0.2) is 4.79 Å². The van der Waals surface area contributed by atoms with Gasteiger partial charge < -0.3 is 5.32 Å². The molecule has 1 unspecified atom stereocenters. The maximum Gasteiger partial charge on any atom is 0.321 e. The highest BCUT2D eigenvalue weighted by Crippen LogP contribution is 2.24. The van der Waals surface area contributed by atoms with Gasteiger partial charge in [0.05, 0.1) is 0 Å². The van der Waals surface area contributed by atoms with Crippen LogP contribution in [-0.4, -0.2) is 30.9 Å². The van der Waals surface area contributed by atoms with Crippen LogP contribution in [0.5, 0.6) is 0 Å². The molecule has 0 heterocycles. The molecule has 0 aromatic heterocycles. The highest BCUT2D eigenvalue weighted by Gasteiger charge is 2.26. The van der Waals surface area contributed by atoms with E-state index in [1.807, 2.05) is 66.5 Å². The lowest BCUT2D eigenvalue weighted by Gasteiger charge is -2.27. The number of imide groups is 1. The van der Waals surface area contributed by atoms with Crippen LogP contribution in [-0.2, 0) is 11.3 Å². The van der Waals surface area contributed by atoms with Crippen LogP contribution in [0.2, 0.25) is 5.02 Å². The Morgan fingerprint density at radius 1 is 1.08 bits per heavy atom. The van der Waals surface area contributed by atoms with Gasteiger partial charge in [-0.05, 0) is 24.2 Å². The van der Waals surface area contributed by atoms with Gasteiger partial charge in [-0.15, -0.1) is 0 Å². The quantitative estimate of drug-likeness (QED) is 0.875. The number of nitrogens with zero attached hydrogens (tertiary/aromatic N) is 1. The van der Waals surface area contributed by atoms with E-state index in [1.54, 1.807) is 0 Å². The maximum atomic E-state index is 12.6. The van der Waals surface area contributed by atoms with Crippen LogP contribution < -0.4 is 10.6 Å². The largest absolute Gasteiger partial charge is 0.341 e. The van der Waals surface area contributed by atoms with Gasteiger partial charge in [-0.2, -0.15) is 0 Å². The first-order valence-corrected chi connectivity index (χ1v) is 7.92. The third-order valence-electron chi connectivity index (χ3n) is 3.65. The number of hydrogen-bond donors (Lipinski definition) is 2. The molecule has 2 aromatic carbocycles. The van der Waals surface area contributed by atoms with E-state index in [9.17, 15) is 9.59 Å². The fraction of sp³-hybridized carbons (Fsp3) is 0.222. The summed E-state index contributed by atoms with van der Waals surface area (Å²) in [6, 6.07) is 15.7. The summed E-state index contributed by atoms with van der Waals surface area (Å²) in [4.78, 5) is 25.9. The Hall–Kier alpha value is -2.37. The first kappa shape index (κ1) is 18.0. The molecule has 5 nitrogen and oxygen atoms in total. The number of halogens is 1. The number of carbonyl (C=O) groups is 2. The SMILES string of the molecule is CNC(=O)NC(=O)C(c1ccccc1)N(C)Cc1ccccc1Cl. The Kier molecular flexibility index (Phi) is 6.35. The smallest absolute Gasteiger partial charge is 0.321 e. The second kappa shape index (κ2) is 8.47. The average molecular weight is 346 g/mol. The van der Waals surface area contributed by atoms with Gasteiger partial charge in [0, 0.05) is 18.6 Å². The standard InChI is InChI=1S/C18H20ClN3O2/c1-20-18(24)21-17(23)16(13-8-4-3-5-9-13)22(2)12-14-10-6-7-11-15(14)19/h3-11,16H,12H2,1-2H3,(H2,20,21,23,24). The zero-order chi connectivity index (χ0) is 17.5. The lowest BCUT2D eigenvalue weighted by atomic mass is 10.0. The first-order chi connectivity index (χ1) is 11.5. The highest BCUT2D eigenvalue weighted by molar-refractivity contribution is 6.31. The van der Waals surface area contributed by atoms with Gasteiger partial charge in [-0.3, -0.25) is 15.0 Å². The van der Waals surface area contributed by atoms with E-state index in [-0.39, 0.29) is 0 Å². The minimum absolute atomic E-state index is 0.393. The Bertz CT molecular complexity index is 706. The van der Waals surface area contributed by atoms with Crippen LogP contribution in [0.25, 0.3) is 0 Å². The van der Waals surface area contributed by atoms with Crippen molar-refractivity contribution in [2.24, 2.45) is 0 Å². The van der Waals surface area contributed by atoms with Gasteiger partial charge >= 0.3 is 6.03 Å². The molecule has 0 aliphatic heterocycles. The number of hydrogen-bond acceptors (Lipinski definition) is 3. The number of nitrogens with one attached hydrogen (secondary N) is 2. The first-order valence-electron chi connectivity index (χ1n) is 7.54. The van der Waals surface area contributed by atoms with E-state index >= 15 is 0 Å². The van der Waals surface area contributed by atoms with Crippen LogP contribution in [0, 0.1) is 0 Å². The monoisotopic (exact) mass is 345 g/mol. The van der Waals surface area contributed by atoms with Crippen molar-refractivity contribution in [3.05, 3.63) is 70.7 Å². The molecule has 0 bridgehead atoms. The van der Waals surface area contributed by atoms with E-state index in [1.165, 1.54) is 7.05 Å². The predicted molar refractivity (Wildman–Crippen MR) is 94.7 cm³/mol. The average Bonchev–Trinajstić information content (AvgIpc) is 2.58. The molecule has 2 N–H and O–H groups in total. The Morgan fingerprint density at radius 3 is 2.33 bits per heavy atom. The maximum absolute atomic E-state index is 12.6. The molecule has 0 fully saturated rings. The lowest BCUT2D eigenvalue weighted by Crippen LogP contribution is -2.44. The molecule has 0 saturated heterocycles. The van der Waals surface area contributed by atoms with E-state index in [0.29, 0.717) is 11.6 Å². The molecule has 0 spiro atoms. The Labute approximate surface area is 146 Å². The minimum Gasteiger partial charge on any atom is -0.341 e. The van der Waals surface area contributed by atoms with Crippen molar-refractivity contribution in [2.75, 3.05) is 14.1 Å². The number of amides is 3. The summed E-state index contributed by atoms with van der Waals surface area (Å²) in [6.07, 6.45) is 0. The molecular weight excluding hydrogens is 326 g/mol. The van der Waals surface area contributed by atoms with Gasteiger partial charge in [0.2, 0.25) is 5.91 Å². The molecule has 3 amide bonds. The zero-order valence-corrected chi connectivity index (χ0v) is 14.4. The second-order valence-corrected chi connectivity index (χ2v) is 5.80. The molecular formula is C18H20ClN3O2. The molecule has 0 radical (unpaired) electrons. The molecule has 24 heavy (non-hydrogen) atoms. The molecule has 1 atom stereocenters. The second-order valence-electron chi connectivity index (χ2n) is 5.39. The van der Waals surface area contributed by atoms with Crippen molar-refractivity contribution in [2.45, 2.75) is 12.6 Å². The molecule has 2 rings (SSSR count). The van der Waals surface area contributed by atoms with Crippen molar-refractivity contribution < 1.29 is 9.59 Å². The molecule has 6 heteroatoms. The van der Waals surface area contributed by atoms with Gasteiger partial charge in [0.1, 0.15) is 6.04 Å². The topological polar surface area (TPSA) is 61.4 Å². The number of carbonyl (C=O) groups excluding carboxylic acids is 2. The van der Waals surface area contributed by atoms with Crippen molar-refractivity contribution in [3.63, 3.8) is 0 Å². The van der Waals surface area contributed by atoms with Crippen LogP contribution in [0.4, 0.5) is 4.79 Å². The molecule has 0 saturated carbocycles. The van der Waals surface area contributed by atoms with Gasteiger partial charge in [0.15, 0.2) is 0 Å². The molecule has 126 valence electrons. The van der Waals surface area contributed by atoms with E-state index < -0.39 is 18.0 Å². The highest BCUT2D eigenvalue weighted by atomic mass is 35.5. The number of benzene rings is 2. The molecule has 0 aliphatic carbocycles. The summed E-state index contributed by atoms with van der Waals surface area (Å²) >= 11 is 6.21. The predicted octanol–water partition coefficient (Wildman–Crippen LogP) is 2.97. The fourth-order valence-corrected chi connectivity index (χ4v) is 2.67. The number of urea groups is 1.